The molecule has 0 amide bonds. The Morgan fingerprint density at radius 1 is 0.909 bits per heavy atom. The SMILES string of the molecule is Cc1ccc(-c2nnc(CSc3nc(-c4ccccc4)nc4sc5c(c34)CCCC5)o2)cc1. The van der Waals surface area contributed by atoms with Gasteiger partial charge in [-0.1, -0.05) is 59.8 Å². The monoisotopic (exact) mass is 470 g/mol. The van der Waals surface area contributed by atoms with Crippen molar-refractivity contribution in [1.29, 1.82) is 0 Å². The molecule has 33 heavy (non-hydrogen) atoms. The van der Waals surface area contributed by atoms with Crippen LogP contribution in [-0.4, -0.2) is 20.2 Å². The zero-order chi connectivity index (χ0) is 22.2. The predicted octanol–water partition coefficient (Wildman–Crippen LogP) is 6.89. The van der Waals surface area contributed by atoms with E-state index in [1.54, 1.807) is 11.8 Å². The van der Waals surface area contributed by atoms with Crippen LogP contribution in [0.25, 0.3) is 33.1 Å². The van der Waals surface area contributed by atoms with Crippen LogP contribution in [0.2, 0.25) is 0 Å². The van der Waals surface area contributed by atoms with Gasteiger partial charge in [-0.05, 0) is 50.3 Å². The van der Waals surface area contributed by atoms with Gasteiger partial charge >= 0.3 is 0 Å². The summed E-state index contributed by atoms with van der Waals surface area (Å²) < 4.78 is 5.97. The number of thiophene rings is 1. The Bertz CT molecular complexity index is 1420. The fourth-order valence-electron chi connectivity index (χ4n) is 4.20. The van der Waals surface area contributed by atoms with Gasteiger partial charge in [0.2, 0.25) is 11.8 Å². The minimum absolute atomic E-state index is 0.552. The maximum absolute atomic E-state index is 5.97. The van der Waals surface area contributed by atoms with Crippen LogP contribution in [-0.2, 0) is 18.6 Å². The molecule has 0 unspecified atom stereocenters. The van der Waals surface area contributed by atoms with Crippen molar-refractivity contribution in [2.45, 2.75) is 43.4 Å². The van der Waals surface area contributed by atoms with E-state index in [0.29, 0.717) is 17.5 Å². The van der Waals surface area contributed by atoms with Crippen LogP contribution in [0, 0.1) is 6.92 Å². The predicted molar refractivity (Wildman–Crippen MR) is 134 cm³/mol. The summed E-state index contributed by atoms with van der Waals surface area (Å²) in [5.74, 6) is 2.50. The number of fused-ring (bicyclic) bond motifs is 3. The van der Waals surface area contributed by atoms with Gasteiger partial charge in [-0.15, -0.1) is 21.5 Å². The smallest absolute Gasteiger partial charge is 0.247 e. The lowest BCUT2D eigenvalue weighted by Crippen LogP contribution is -2.00. The van der Waals surface area contributed by atoms with E-state index in [9.17, 15) is 0 Å². The van der Waals surface area contributed by atoms with Crippen LogP contribution in [0.4, 0.5) is 0 Å². The second-order valence-electron chi connectivity index (χ2n) is 8.27. The minimum atomic E-state index is 0.552. The maximum Gasteiger partial charge on any atom is 0.247 e. The first kappa shape index (κ1) is 20.6. The summed E-state index contributed by atoms with van der Waals surface area (Å²) in [5, 5.41) is 10.8. The average Bonchev–Trinajstić information content (AvgIpc) is 3.48. The van der Waals surface area contributed by atoms with E-state index in [-0.39, 0.29) is 0 Å². The van der Waals surface area contributed by atoms with Crippen LogP contribution in [0.5, 0.6) is 0 Å². The molecule has 0 bridgehead atoms. The van der Waals surface area contributed by atoms with Gasteiger partial charge in [0, 0.05) is 21.4 Å². The molecule has 2 aromatic carbocycles. The second-order valence-corrected chi connectivity index (χ2v) is 10.3. The summed E-state index contributed by atoms with van der Waals surface area (Å²) >= 11 is 3.49. The summed E-state index contributed by atoms with van der Waals surface area (Å²) in [7, 11) is 0. The van der Waals surface area contributed by atoms with E-state index >= 15 is 0 Å². The number of hydrogen-bond acceptors (Lipinski definition) is 7. The number of thioether (sulfide) groups is 1. The second kappa shape index (κ2) is 8.72. The third-order valence-electron chi connectivity index (χ3n) is 5.91. The lowest BCUT2D eigenvalue weighted by molar-refractivity contribution is 0.528. The molecule has 0 spiro atoms. The normalized spacial score (nSPS) is 13.4. The van der Waals surface area contributed by atoms with Crippen molar-refractivity contribution in [2.75, 3.05) is 0 Å². The van der Waals surface area contributed by atoms with Crippen LogP contribution < -0.4 is 0 Å². The van der Waals surface area contributed by atoms with Gasteiger partial charge in [-0.3, -0.25) is 0 Å². The third kappa shape index (κ3) is 4.07. The first-order valence-corrected chi connectivity index (χ1v) is 12.9. The Hall–Kier alpha value is -3.03. The highest BCUT2D eigenvalue weighted by atomic mass is 32.2. The van der Waals surface area contributed by atoms with Crippen molar-refractivity contribution in [2.24, 2.45) is 0 Å². The van der Waals surface area contributed by atoms with Crippen LogP contribution in [0.3, 0.4) is 0 Å². The van der Waals surface area contributed by atoms with E-state index in [1.807, 2.05) is 41.7 Å². The summed E-state index contributed by atoms with van der Waals surface area (Å²) in [6.07, 6.45) is 4.73. The van der Waals surface area contributed by atoms with Gasteiger partial charge in [-0.2, -0.15) is 0 Å². The highest BCUT2D eigenvalue weighted by Gasteiger charge is 2.22. The number of hydrogen-bond donors (Lipinski definition) is 0. The quantitative estimate of drug-likeness (QED) is 0.206. The molecule has 164 valence electrons. The van der Waals surface area contributed by atoms with Crippen molar-refractivity contribution < 1.29 is 4.42 Å². The molecule has 3 heterocycles. The molecule has 1 aliphatic rings. The summed E-state index contributed by atoms with van der Waals surface area (Å²) in [5.41, 5.74) is 4.61. The molecule has 0 N–H and O–H groups in total. The van der Waals surface area contributed by atoms with Crippen molar-refractivity contribution >= 4 is 33.3 Å². The summed E-state index contributed by atoms with van der Waals surface area (Å²) in [6, 6.07) is 18.3. The molecule has 0 atom stereocenters. The minimum Gasteiger partial charge on any atom is -0.420 e. The van der Waals surface area contributed by atoms with E-state index in [4.69, 9.17) is 14.4 Å². The Balaban J connectivity index is 1.35. The molecule has 5 aromatic rings. The first-order valence-electron chi connectivity index (χ1n) is 11.1. The van der Waals surface area contributed by atoms with E-state index in [2.05, 4.69) is 41.4 Å². The lowest BCUT2D eigenvalue weighted by atomic mass is 9.97. The third-order valence-corrected chi connectivity index (χ3v) is 8.06. The summed E-state index contributed by atoms with van der Waals surface area (Å²) in [4.78, 5) is 12.5. The molecule has 0 radical (unpaired) electrons. The molecule has 0 saturated heterocycles. The molecule has 5 nitrogen and oxygen atoms in total. The largest absolute Gasteiger partial charge is 0.420 e. The lowest BCUT2D eigenvalue weighted by Gasteiger charge is -2.12. The van der Waals surface area contributed by atoms with Gasteiger partial charge in [0.15, 0.2) is 5.82 Å². The molecular weight excluding hydrogens is 448 g/mol. The molecule has 6 rings (SSSR count). The molecule has 0 saturated carbocycles. The number of rotatable bonds is 5. The number of nitrogens with zero attached hydrogens (tertiary/aromatic N) is 4. The van der Waals surface area contributed by atoms with E-state index in [1.165, 1.54) is 34.2 Å². The number of benzene rings is 2. The Kier molecular flexibility index (Phi) is 5.44. The average molecular weight is 471 g/mol. The fourth-order valence-corrected chi connectivity index (χ4v) is 6.42. The van der Waals surface area contributed by atoms with E-state index in [0.717, 1.165) is 39.6 Å². The Morgan fingerprint density at radius 2 is 1.73 bits per heavy atom. The summed E-state index contributed by atoms with van der Waals surface area (Å²) in [6.45, 7) is 2.06. The number of aromatic nitrogens is 4. The highest BCUT2D eigenvalue weighted by Crippen LogP contribution is 2.41. The van der Waals surface area contributed by atoms with Gasteiger partial charge < -0.3 is 4.42 Å². The molecule has 0 fully saturated rings. The van der Waals surface area contributed by atoms with Crippen molar-refractivity contribution in [3.8, 4) is 22.8 Å². The standard InChI is InChI=1S/C26H22N4OS2/c1-16-11-13-18(14-12-16)24-30-29-21(31-24)15-32-25-22-19-9-5-6-10-20(19)33-26(22)28-23(27-25)17-7-3-2-4-8-17/h2-4,7-8,11-14H,5-6,9-10,15H2,1H3. The number of aryl methyl sites for hydroxylation is 3. The molecule has 1 aliphatic carbocycles. The fraction of sp³-hybridized carbons (Fsp3) is 0.231. The van der Waals surface area contributed by atoms with Crippen molar-refractivity contribution in [1.82, 2.24) is 20.2 Å². The van der Waals surface area contributed by atoms with Gasteiger partial charge in [-0.25, -0.2) is 9.97 Å². The van der Waals surface area contributed by atoms with Crippen LogP contribution in [0.15, 0.2) is 64.0 Å². The Morgan fingerprint density at radius 3 is 2.58 bits per heavy atom. The first-order chi connectivity index (χ1) is 16.2. The van der Waals surface area contributed by atoms with Crippen molar-refractivity contribution in [3.63, 3.8) is 0 Å². The Labute approximate surface area is 200 Å². The van der Waals surface area contributed by atoms with Gasteiger partial charge in [0.1, 0.15) is 9.86 Å². The van der Waals surface area contributed by atoms with Crippen LogP contribution >= 0.6 is 23.1 Å². The van der Waals surface area contributed by atoms with Crippen LogP contribution in [0.1, 0.15) is 34.7 Å². The molecule has 3 aromatic heterocycles. The molecule has 7 heteroatoms. The highest BCUT2D eigenvalue weighted by molar-refractivity contribution is 7.98. The zero-order valence-electron chi connectivity index (χ0n) is 18.2. The topological polar surface area (TPSA) is 64.7 Å². The zero-order valence-corrected chi connectivity index (χ0v) is 19.9. The van der Waals surface area contributed by atoms with Gasteiger partial charge in [0.25, 0.3) is 0 Å². The van der Waals surface area contributed by atoms with Gasteiger partial charge in [0.05, 0.1) is 5.75 Å². The van der Waals surface area contributed by atoms with E-state index < -0.39 is 0 Å². The maximum atomic E-state index is 5.97. The molecule has 0 aliphatic heterocycles. The molecular formula is C26H22N4OS2. The van der Waals surface area contributed by atoms with Crippen molar-refractivity contribution in [3.05, 3.63) is 76.5 Å².